The van der Waals surface area contributed by atoms with E-state index in [0.29, 0.717) is 0 Å². The third kappa shape index (κ3) is 5.77. The van der Waals surface area contributed by atoms with Gasteiger partial charge in [-0.3, -0.25) is 4.79 Å². The number of esters is 2. The molecule has 1 N–H and O–H groups in total. The van der Waals surface area contributed by atoms with E-state index in [4.69, 9.17) is 4.74 Å². The molecule has 0 bridgehead atoms. The van der Waals surface area contributed by atoms with Crippen molar-refractivity contribution in [2.45, 2.75) is 6.61 Å². The Bertz CT molecular complexity index is 823. The van der Waals surface area contributed by atoms with Gasteiger partial charge in [0.1, 0.15) is 5.75 Å². The van der Waals surface area contributed by atoms with Gasteiger partial charge in [0.15, 0.2) is 6.61 Å². The standard InChI is InChI=1S/C18H15F2NO6/c1-25-16(23)11-6-8-12(9-7-11)17(24)26-10-15(22)21-13-4-2-3-5-14(13)27-18(19)20/h2-9,18H,10H2,1H3,(H,21,22). The number of nitrogens with one attached hydrogen (secondary N) is 1. The van der Waals surface area contributed by atoms with E-state index in [-0.39, 0.29) is 22.6 Å². The average molecular weight is 379 g/mol. The molecule has 0 aliphatic carbocycles. The van der Waals surface area contributed by atoms with Crippen molar-refractivity contribution in [3.8, 4) is 5.75 Å². The van der Waals surface area contributed by atoms with Crippen LogP contribution < -0.4 is 10.1 Å². The van der Waals surface area contributed by atoms with Gasteiger partial charge in [0, 0.05) is 0 Å². The Labute approximate surface area is 152 Å². The van der Waals surface area contributed by atoms with Gasteiger partial charge in [0.05, 0.1) is 23.9 Å². The van der Waals surface area contributed by atoms with Crippen LogP contribution in [-0.4, -0.2) is 38.2 Å². The summed E-state index contributed by atoms with van der Waals surface area (Å²) in [6.07, 6.45) is 0. The van der Waals surface area contributed by atoms with Gasteiger partial charge in [-0.2, -0.15) is 8.78 Å². The fourth-order valence-electron chi connectivity index (χ4n) is 2.03. The highest BCUT2D eigenvalue weighted by molar-refractivity contribution is 5.97. The number of anilines is 1. The first-order valence-corrected chi connectivity index (χ1v) is 7.60. The monoisotopic (exact) mass is 379 g/mol. The largest absolute Gasteiger partial charge is 0.465 e. The molecule has 2 rings (SSSR count). The normalized spacial score (nSPS) is 10.2. The molecule has 0 aliphatic rings. The maximum absolute atomic E-state index is 12.3. The Morgan fingerprint density at radius 3 is 2.15 bits per heavy atom. The van der Waals surface area contributed by atoms with Gasteiger partial charge in [-0.15, -0.1) is 0 Å². The van der Waals surface area contributed by atoms with E-state index in [2.05, 4.69) is 14.8 Å². The number of para-hydroxylation sites is 2. The summed E-state index contributed by atoms with van der Waals surface area (Å²) >= 11 is 0. The lowest BCUT2D eigenvalue weighted by Gasteiger charge is -2.11. The molecule has 0 saturated carbocycles. The molecule has 0 radical (unpaired) electrons. The third-order valence-corrected chi connectivity index (χ3v) is 3.25. The van der Waals surface area contributed by atoms with E-state index < -0.39 is 31.1 Å². The molecular formula is C18H15F2NO6. The Hall–Kier alpha value is -3.49. The van der Waals surface area contributed by atoms with Crippen molar-refractivity contribution in [3.63, 3.8) is 0 Å². The van der Waals surface area contributed by atoms with Crippen LogP contribution in [0.2, 0.25) is 0 Å². The molecule has 0 unspecified atom stereocenters. The summed E-state index contributed by atoms with van der Waals surface area (Å²) in [5.41, 5.74) is 0.389. The van der Waals surface area contributed by atoms with Crippen LogP contribution in [0.4, 0.5) is 14.5 Å². The molecule has 0 aliphatic heterocycles. The number of carbonyl (C=O) groups excluding carboxylic acids is 3. The number of alkyl halides is 2. The van der Waals surface area contributed by atoms with Gasteiger partial charge in [0.25, 0.3) is 5.91 Å². The summed E-state index contributed by atoms with van der Waals surface area (Å²) in [4.78, 5) is 35.1. The smallest absolute Gasteiger partial charge is 0.387 e. The van der Waals surface area contributed by atoms with E-state index in [1.165, 1.54) is 55.6 Å². The van der Waals surface area contributed by atoms with Crippen molar-refractivity contribution in [1.82, 2.24) is 0 Å². The van der Waals surface area contributed by atoms with Gasteiger partial charge < -0.3 is 19.5 Å². The molecule has 9 heteroatoms. The minimum Gasteiger partial charge on any atom is -0.465 e. The molecule has 0 fully saturated rings. The van der Waals surface area contributed by atoms with Crippen molar-refractivity contribution in [1.29, 1.82) is 0 Å². The zero-order valence-corrected chi connectivity index (χ0v) is 14.1. The van der Waals surface area contributed by atoms with Crippen molar-refractivity contribution in [2.75, 3.05) is 19.0 Å². The fraction of sp³-hybridized carbons (Fsp3) is 0.167. The van der Waals surface area contributed by atoms with Crippen LogP contribution in [0, 0.1) is 0 Å². The lowest BCUT2D eigenvalue weighted by molar-refractivity contribution is -0.119. The van der Waals surface area contributed by atoms with Gasteiger partial charge in [0.2, 0.25) is 0 Å². The van der Waals surface area contributed by atoms with Gasteiger partial charge in [-0.25, -0.2) is 9.59 Å². The van der Waals surface area contributed by atoms with Crippen LogP contribution >= 0.6 is 0 Å². The van der Waals surface area contributed by atoms with E-state index in [9.17, 15) is 23.2 Å². The second-order valence-electron chi connectivity index (χ2n) is 5.07. The summed E-state index contributed by atoms with van der Waals surface area (Å²) in [6, 6.07) is 11.0. The number of benzene rings is 2. The summed E-state index contributed by atoms with van der Waals surface area (Å²) in [5, 5.41) is 2.32. The Balaban J connectivity index is 1.92. The Kier molecular flexibility index (Phi) is 6.81. The van der Waals surface area contributed by atoms with E-state index in [1.807, 2.05) is 0 Å². The van der Waals surface area contributed by atoms with Gasteiger partial charge in [-0.1, -0.05) is 12.1 Å². The second-order valence-corrected chi connectivity index (χ2v) is 5.07. The summed E-state index contributed by atoms with van der Waals surface area (Å²) in [5.74, 6) is -2.30. The molecule has 2 aromatic rings. The highest BCUT2D eigenvalue weighted by Crippen LogP contribution is 2.25. The van der Waals surface area contributed by atoms with Crippen LogP contribution in [0.3, 0.4) is 0 Å². The zero-order chi connectivity index (χ0) is 19.8. The predicted molar refractivity (Wildman–Crippen MR) is 89.8 cm³/mol. The molecule has 0 atom stereocenters. The van der Waals surface area contributed by atoms with E-state index in [1.54, 1.807) is 0 Å². The molecular weight excluding hydrogens is 364 g/mol. The molecule has 0 saturated heterocycles. The number of halogens is 2. The van der Waals surface area contributed by atoms with Crippen LogP contribution in [-0.2, 0) is 14.3 Å². The van der Waals surface area contributed by atoms with Gasteiger partial charge >= 0.3 is 18.6 Å². The fourth-order valence-corrected chi connectivity index (χ4v) is 2.03. The molecule has 0 heterocycles. The number of hydrogen-bond acceptors (Lipinski definition) is 6. The molecule has 2 aromatic carbocycles. The Morgan fingerprint density at radius 2 is 1.56 bits per heavy atom. The molecule has 27 heavy (non-hydrogen) atoms. The van der Waals surface area contributed by atoms with Gasteiger partial charge in [-0.05, 0) is 36.4 Å². The molecule has 0 spiro atoms. The first-order chi connectivity index (χ1) is 12.9. The minimum absolute atomic E-state index is 0.0151. The number of ether oxygens (including phenoxy) is 3. The summed E-state index contributed by atoms with van der Waals surface area (Å²) < 4.78 is 38.4. The quantitative estimate of drug-likeness (QED) is 0.744. The summed E-state index contributed by atoms with van der Waals surface area (Å²) in [6.45, 7) is -3.69. The molecule has 7 nitrogen and oxygen atoms in total. The third-order valence-electron chi connectivity index (χ3n) is 3.25. The second kappa shape index (κ2) is 9.27. The predicted octanol–water partition coefficient (Wildman–Crippen LogP) is 2.87. The van der Waals surface area contributed by atoms with Crippen molar-refractivity contribution in [3.05, 3.63) is 59.7 Å². The van der Waals surface area contributed by atoms with Crippen LogP contribution in [0.25, 0.3) is 0 Å². The maximum atomic E-state index is 12.3. The number of rotatable bonds is 7. The highest BCUT2D eigenvalue weighted by atomic mass is 19.3. The van der Waals surface area contributed by atoms with Crippen molar-refractivity contribution >= 4 is 23.5 Å². The highest BCUT2D eigenvalue weighted by Gasteiger charge is 2.14. The first-order valence-electron chi connectivity index (χ1n) is 7.60. The lowest BCUT2D eigenvalue weighted by atomic mass is 10.1. The topological polar surface area (TPSA) is 90.9 Å². The number of methoxy groups -OCH3 is 1. The zero-order valence-electron chi connectivity index (χ0n) is 14.1. The number of hydrogen-bond donors (Lipinski definition) is 1. The minimum atomic E-state index is -3.05. The van der Waals surface area contributed by atoms with Crippen LogP contribution in [0.1, 0.15) is 20.7 Å². The first kappa shape index (κ1) is 19.8. The molecule has 0 aromatic heterocycles. The van der Waals surface area contributed by atoms with Crippen LogP contribution in [0.5, 0.6) is 5.75 Å². The number of carbonyl (C=O) groups is 3. The van der Waals surface area contributed by atoms with E-state index >= 15 is 0 Å². The SMILES string of the molecule is COC(=O)c1ccc(C(=O)OCC(=O)Nc2ccccc2OC(F)F)cc1. The lowest BCUT2D eigenvalue weighted by Crippen LogP contribution is -2.21. The van der Waals surface area contributed by atoms with Crippen LogP contribution in [0.15, 0.2) is 48.5 Å². The van der Waals surface area contributed by atoms with E-state index in [0.717, 1.165) is 0 Å². The summed E-state index contributed by atoms with van der Waals surface area (Å²) in [7, 11) is 1.23. The molecule has 142 valence electrons. The molecule has 1 amide bonds. The Morgan fingerprint density at radius 1 is 0.963 bits per heavy atom. The van der Waals surface area contributed by atoms with Crippen molar-refractivity contribution in [2.24, 2.45) is 0 Å². The van der Waals surface area contributed by atoms with Crippen molar-refractivity contribution < 1.29 is 37.4 Å². The maximum Gasteiger partial charge on any atom is 0.387 e. The average Bonchev–Trinajstić information content (AvgIpc) is 2.66. The number of amides is 1.